The average Bonchev–Trinajstić information content (AvgIpc) is 2.32. The van der Waals surface area contributed by atoms with Crippen molar-refractivity contribution in [2.75, 3.05) is 0 Å². The molecule has 0 amide bonds. The van der Waals surface area contributed by atoms with Crippen LogP contribution in [-0.4, -0.2) is 13.5 Å². The molecule has 0 fully saturated rings. The summed E-state index contributed by atoms with van der Waals surface area (Å²) in [5.41, 5.74) is 0.789. The molecule has 2 rings (SSSR count). The zero-order valence-corrected chi connectivity index (χ0v) is 12.6. The van der Waals surface area contributed by atoms with Gasteiger partial charge in [0.05, 0.1) is 4.90 Å². The van der Waals surface area contributed by atoms with Gasteiger partial charge in [0.1, 0.15) is 10.6 Å². The zero-order valence-electron chi connectivity index (χ0n) is 9.59. The van der Waals surface area contributed by atoms with Gasteiger partial charge in [-0.05, 0) is 71.5 Å². The van der Waals surface area contributed by atoms with E-state index in [1.165, 1.54) is 12.1 Å². The zero-order chi connectivity index (χ0) is 13.3. The van der Waals surface area contributed by atoms with Crippen molar-refractivity contribution in [2.24, 2.45) is 0 Å². The fraction of sp³-hybridized carbons (Fsp3) is 0.0769. The molecule has 0 spiro atoms. The van der Waals surface area contributed by atoms with Gasteiger partial charge in [-0.1, -0.05) is 6.07 Å². The minimum Gasteiger partial charge on any atom is -0.507 e. The number of hydrogen-bond acceptors (Lipinski definition) is 3. The third kappa shape index (κ3) is 2.51. The number of phenolic OH excluding ortho intramolecular Hbond substituents is 1. The molecule has 0 saturated carbocycles. The Kier molecular flexibility index (Phi) is 3.63. The number of halogens is 1. The Morgan fingerprint density at radius 1 is 1.06 bits per heavy atom. The lowest BCUT2D eigenvalue weighted by atomic mass is 10.2. The summed E-state index contributed by atoms with van der Waals surface area (Å²) in [5.74, 6) is -0.223. The van der Waals surface area contributed by atoms with E-state index in [0.717, 1.165) is 9.13 Å². The Balaban J connectivity index is 2.61. The van der Waals surface area contributed by atoms with Crippen LogP contribution in [0.4, 0.5) is 0 Å². The third-order valence-corrected chi connectivity index (χ3v) is 5.05. The van der Waals surface area contributed by atoms with Crippen LogP contribution in [-0.2, 0) is 9.84 Å². The number of aryl methyl sites for hydroxylation is 1. The molecule has 0 aromatic heterocycles. The summed E-state index contributed by atoms with van der Waals surface area (Å²) in [5, 5.41) is 9.71. The van der Waals surface area contributed by atoms with E-state index in [9.17, 15) is 13.5 Å². The molecule has 0 aliphatic rings. The van der Waals surface area contributed by atoms with E-state index in [2.05, 4.69) is 22.6 Å². The van der Waals surface area contributed by atoms with Crippen molar-refractivity contribution in [3.05, 3.63) is 51.6 Å². The first-order chi connectivity index (χ1) is 8.41. The van der Waals surface area contributed by atoms with E-state index in [-0.39, 0.29) is 15.5 Å². The van der Waals surface area contributed by atoms with Crippen molar-refractivity contribution in [1.29, 1.82) is 0 Å². The molecule has 2 aromatic carbocycles. The molecule has 0 heterocycles. The van der Waals surface area contributed by atoms with Crippen LogP contribution in [0, 0.1) is 10.5 Å². The first kappa shape index (κ1) is 13.4. The first-order valence-electron chi connectivity index (χ1n) is 5.21. The number of aromatic hydroxyl groups is 1. The molecule has 18 heavy (non-hydrogen) atoms. The molecule has 0 unspecified atom stereocenters. The van der Waals surface area contributed by atoms with Crippen molar-refractivity contribution in [2.45, 2.75) is 16.7 Å². The number of sulfone groups is 1. The molecule has 0 atom stereocenters. The highest BCUT2D eigenvalue weighted by atomic mass is 127. The maximum Gasteiger partial charge on any atom is 0.210 e. The Hall–Kier alpha value is -1.08. The van der Waals surface area contributed by atoms with Crippen molar-refractivity contribution in [3.8, 4) is 5.75 Å². The number of benzene rings is 2. The van der Waals surface area contributed by atoms with Crippen LogP contribution < -0.4 is 0 Å². The van der Waals surface area contributed by atoms with E-state index in [1.54, 1.807) is 37.3 Å². The van der Waals surface area contributed by atoms with Gasteiger partial charge in [0.2, 0.25) is 9.84 Å². The smallest absolute Gasteiger partial charge is 0.210 e. The summed E-state index contributed by atoms with van der Waals surface area (Å²) >= 11 is 2.11. The molecule has 3 nitrogen and oxygen atoms in total. The van der Waals surface area contributed by atoms with Crippen molar-refractivity contribution in [3.63, 3.8) is 0 Å². The van der Waals surface area contributed by atoms with Crippen LogP contribution in [0.2, 0.25) is 0 Å². The second kappa shape index (κ2) is 4.89. The van der Waals surface area contributed by atoms with Crippen LogP contribution in [0.5, 0.6) is 5.75 Å². The van der Waals surface area contributed by atoms with E-state index >= 15 is 0 Å². The number of hydrogen-bond donors (Lipinski definition) is 1. The van der Waals surface area contributed by atoms with Crippen molar-refractivity contribution in [1.82, 2.24) is 0 Å². The standard InChI is InChI=1S/C13H11IO3S/c1-9-2-7-12(15)13(8-9)18(16,17)11-5-3-10(14)4-6-11/h2-8,15H,1H3. The highest BCUT2D eigenvalue weighted by molar-refractivity contribution is 14.1. The first-order valence-corrected chi connectivity index (χ1v) is 7.78. The number of rotatable bonds is 2. The number of phenols is 1. The fourth-order valence-electron chi connectivity index (χ4n) is 1.58. The molecule has 94 valence electrons. The van der Waals surface area contributed by atoms with Crippen molar-refractivity contribution >= 4 is 32.4 Å². The lowest BCUT2D eigenvalue weighted by molar-refractivity contribution is 0.458. The van der Waals surface area contributed by atoms with E-state index < -0.39 is 9.84 Å². The lowest BCUT2D eigenvalue weighted by Crippen LogP contribution is -2.02. The van der Waals surface area contributed by atoms with E-state index in [4.69, 9.17) is 0 Å². The molecular weight excluding hydrogens is 363 g/mol. The molecule has 2 aromatic rings. The SMILES string of the molecule is Cc1ccc(O)c(S(=O)(=O)c2ccc(I)cc2)c1. The predicted octanol–water partition coefficient (Wildman–Crippen LogP) is 3.14. The second-order valence-electron chi connectivity index (χ2n) is 3.93. The van der Waals surface area contributed by atoms with Gasteiger partial charge in [-0.25, -0.2) is 8.42 Å². The third-order valence-electron chi connectivity index (χ3n) is 2.53. The largest absolute Gasteiger partial charge is 0.507 e. The molecule has 1 N–H and O–H groups in total. The topological polar surface area (TPSA) is 54.4 Å². The van der Waals surface area contributed by atoms with Gasteiger partial charge in [-0.15, -0.1) is 0 Å². The maximum absolute atomic E-state index is 12.4. The summed E-state index contributed by atoms with van der Waals surface area (Å²) in [4.78, 5) is 0.132. The highest BCUT2D eigenvalue weighted by Crippen LogP contribution is 2.29. The van der Waals surface area contributed by atoms with Crippen LogP contribution in [0.25, 0.3) is 0 Å². The molecule has 0 saturated heterocycles. The monoisotopic (exact) mass is 374 g/mol. The fourth-order valence-corrected chi connectivity index (χ4v) is 3.37. The Morgan fingerprint density at radius 3 is 2.28 bits per heavy atom. The maximum atomic E-state index is 12.4. The van der Waals surface area contributed by atoms with Gasteiger partial charge in [-0.3, -0.25) is 0 Å². The van der Waals surface area contributed by atoms with Crippen LogP contribution >= 0.6 is 22.6 Å². The van der Waals surface area contributed by atoms with Crippen LogP contribution in [0.1, 0.15) is 5.56 Å². The van der Waals surface area contributed by atoms with Gasteiger partial charge in [0.25, 0.3) is 0 Å². The predicted molar refractivity (Wildman–Crippen MR) is 77.5 cm³/mol. The lowest BCUT2D eigenvalue weighted by Gasteiger charge is -2.07. The normalized spacial score (nSPS) is 11.4. The van der Waals surface area contributed by atoms with Gasteiger partial charge in [0, 0.05) is 3.57 Å². The molecule has 0 radical (unpaired) electrons. The van der Waals surface area contributed by atoms with Crippen LogP contribution in [0.3, 0.4) is 0 Å². The molecule has 5 heteroatoms. The van der Waals surface area contributed by atoms with Gasteiger partial charge < -0.3 is 5.11 Å². The van der Waals surface area contributed by atoms with Gasteiger partial charge in [0.15, 0.2) is 0 Å². The van der Waals surface area contributed by atoms with Gasteiger partial charge in [-0.2, -0.15) is 0 Å². The van der Waals surface area contributed by atoms with Crippen molar-refractivity contribution < 1.29 is 13.5 Å². The van der Waals surface area contributed by atoms with Crippen LogP contribution in [0.15, 0.2) is 52.3 Å². The molecule has 0 aliphatic heterocycles. The summed E-state index contributed by atoms with van der Waals surface area (Å²) < 4.78 is 25.7. The van der Waals surface area contributed by atoms with E-state index in [1.807, 2.05) is 0 Å². The quantitative estimate of drug-likeness (QED) is 0.822. The molecule has 0 bridgehead atoms. The summed E-state index contributed by atoms with van der Waals surface area (Å²) in [6.07, 6.45) is 0. The highest BCUT2D eigenvalue weighted by Gasteiger charge is 2.21. The summed E-state index contributed by atoms with van der Waals surface area (Å²) in [7, 11) is -3.66. The summed E-state index contributed by atoms with van der Waals surface area (Å²) in [6, 6.07) is 11.1. The minimum absolute atomic E-state index is 0.0521. The molecular formula is C13H11IO3S. The summed E-state index contributed by atoms with van der Waals surface area (Å²) in [6.45, 7) is 1.78. The minimum atomic E-state index is -3.66. The van der Waals surface area contributed by atoms with Gasteiger partial charge >= 0.3 is 0 Å². The Morgan fingerprint density at radius 2 is 1.67 bits per heavy atom. The average molecular weight is 374 g/mol. The molecule has 0 aliphatic carbocycles. The van der Waals surface area contributed by atoms with E-state index in [0.29, 0.717) is 0 Å². The second-order valence-corrected chi connectivity index (χ2v) is 7.09. The Labute approximate surface area is 120 Å². The Bertz CT molecular complexity index is 676.